The van der Waals surface area contributed by atoms with Gasteiger partial charge in [-0.3, -0.25) is 0 Å². The number of aryl methyl sites for hydroxylation is 1. The zero-order valence-corrected chi connectivity index (χ0v) is 12.4. The van der Waals surface area contributed by atoms with Crippen molar-refractivity contribution in [3.8, 4) is 0 Å². The van der Waals surface area contributed by atoms with Crippen molar-refractivity contribution in [3.05, 3.63) is 41.2 Å². The van der Waals surface area contributed by atoms with Gasteiger partial charge in [0.15, 0.2) is 0 Å². The van der Waals surface area contributed by atoms with Gasteiger partial charge in [0.25, 0.3) is 0 Å². The van der Waals surface area contributed by atoms with Crippen LogP contribution < -0.4 is 0 Å². The molecule has 1 heterocycles. The van der Waals surface area contributed by atoms with Crippen LogP contribution in [0.4, 0.5) is 0 Å². The van der Waals surface area contributed by atoms with Crippen molar-refractivity contribution < 1.29 is 8.42 Å². The molecule has 5 nitrogen and oxygen atoms in total. The van der Waals surface area contributed by atoms with E-state index in [4.69, 9.17) is 0 Å². The molecule has 0 bridgehead atoms. The molecular weight excluding hydrogens is 274 g/mol. The third kappa shape index (κ3) is 2.47. The highest BCUT2D eigenvalue weighted by atomic mass is 32.2. The highest BCUT2D eigenvalue weighted by Gasteiger charge is 2.32. The molecule has 1 aromatic carbocycles. The fourth-order valence-corrected chi connectivity index (χ4v) is 3.70. The third-order valence-corrected chi connectivity index (χ3v) is 5.19. The Hall–Kier alpha value is -1.69. The van der Waals surface area contributed by atoms with Crippen molar-refractivity contribution in [2.45, 2.75) is 36.6 Å². The lowest BCUT2D eigenvalue weighted by Crippen LogP contribution is -2.12. The molecule has 0 N–H and O–H groups in total. The molecule has 1 fully saturated rings. The van der Waals surface area contributed by atoms with E-state index in [1.165, 1.54) is 0 Å². The number of hydrogen-bond acceptors (Lipinski definition) is 4. The van der Waals surface area contributed by atoms with Crippen LogP contribution in [0.3, 0.4) is 0 Å². The first-order valence-electron chi connectivity index (χ1n) is 6.65. The van der Waals surface area contributed by atoms with E-state index in [9.17, 15) is 8.42 Å². The summed E-state index contributed by atoms with van der Waals surface area (Å²) >= 11 is 0. The molecule has 20 heavy (non-hydrogen) atoms. The molecular formula is C14H17N3O2S. The molecule has 1 saturated carbocycles. The summed E-state index contributed by atoms with van der Waals surface area (Å²) in [5, 5.41) is 7.99. The van der Waals surface area contributed by atoms with E-state index in [2.05, 4.69) is 10.2 Å². The molecule has 0 amide bonds. The summed E-state index contributed by atoms with van der Waals surface area (Å²) in [6.45, 7) is 1.98. The summed E-state index contributed by atoms with van der Waals surface area (Å²) < 4.78 is 26.5. The average molecular weight is 291 g/mol. The molecule has 1 aliphatic rings. The Morgan fingerprint density at radius 2 is 1.85 bits per heavy atom. The Bertz CT molecular complexity index is 728. The Balaban J connectivity index is 1.89. The maximum Gasteiger partial charge on any atom is 0.249 e. The molecule has 3 rings (SSSR count). The van der Waals surface area contributed by atoms with Crippen molar-refractivity contribution in [2.75, 3.05) is 0 Å². The van der Waals surface area contributed by atoms with E-state index in [0.717, 1.165) is 29.8 Å². The van der Waals surface area contributed by atoms with Crippen LogP contribution in [-0.2, 0) is 22.6 Å². The number of hydrogen-bond donors (Lipinski definition) is 0. The molecule has 1 aliphatic carbocycles. The van der Waals surface area contributed by atoms with Gasteiger partial charge in [-0.05, 0) is 25.3 Å². The number of sulfone groups is 1. The molecule has 0 unspecified atom stereocenters. The fourth-order valence-electron chi connectivity index (χ4n) is 2.26. The minimum atomic E-state index is -3.45. The van der Waals surface area contributed by atoms with Gasteiger partial charge in [-0.25, -0.2) is 8.42 Å². The van der Waals surface area contributed by atoms with Crippen molar-refractivity contribution in [3.63, 3.8) is 0 Å². The molecule has 6 heteroatoms. The van der Waals surface area contributed by atoms with Crippen LogP contribution in [0.5, 0.6) is 0 Å². The minimum Gasteiger partial charge on any atom is -0.305 e. The summed E-state index contributed by atoms with van der Waals surface area (Å²) in [6, 6.07) is 7.50. The van der Waals surface area contributed by atoms with Gasteiger partial charge in [0.2, 0.25) is 15.0 Å². The zero-order valence-electron chi connectivity index (χ0n) is 11.6. The summed E-state index contributed by atoms with van der Waals surface area (Å²) in [6.07, 6.45) is 2.15. The van der Waals surface area contributed by atoms with E-state index < -0.39 is 9.84 Å². The Kier molecular flexibility index (Phi) is 3.12. The second kappa shape index (κ2) is 4.70. The third-order valence-electron chi connectivity index (χ3n) is 3.57. The predicted molar refractivity (Wildman–Crippen MR) is 75.0 cm³/mol. The second-order valence-electron chi connectivity index (χ2n) is 5.42. The lowest BCUT2D eigenvalue weighted by Gasteiger charge is -2.05. The molecule has 0 radical (unpaired) electrons. The van der Waals surface area contributed by atoms with Gasteiger partial charge >= 0.3 is 0 Å². The lowest BCUT2D eigenvalue weighted by atomic mass is 10.2. The largest absolute Gasteiger partial charge is 0.305 e. The van der Waals surface area contributed by atoms with E-state index in [-0.39, 0.29) is 10.9 Å². The topological polar surface area (TPSA) is 64.8 Å². The van der Waals surface area contributed by atoms with Gasteiger partial charge in [0.1, 0.15) is 5.82 Å². The van der Waals surface area contributed by atoms with Crippen molar-refractivity contribution in [1.29, 1.82) is 0 Å². The first kappa shape index (κ1) is 13.3. The van der Waals surface area contributed by atoms with Gasteiger partial charge in [-0.1, -0.05) is 29.8 Å². The molecule has 1 aromatic heterocycles. The van der Waals surface area contributed by atoms with E-state index in [1.54, 1.807) is 11.6 Å². The fraction of sp³-hybridized carbons (Fsp3) is 0.429. The number of nitrogens with zero attached hydrogens (tertiary/aromatic N) is 3. The lowest BCUT2D eigenvalue weighted by molar-refractivity contribution is 0.575. The predicted octanol–water partition coefficient (Wildman–Crippen LogP) is 1.97. The van der Waals surface area contributed by atoms with Crippen molar-refractivity contribution in [2.24, 2.45) is 7.05 Å². The summed E-state index contributed by atoms with van der Waals surface area (Å²) in [4.78, 5) is 0. The zero-order chi connectivity index (χ0) is 14.3. The molecule has 2 aromatic rings. The molecule has 0 atom stereocenters. The summed E-state index contributed by atoms with van der Waals surface area (Å²) in [5.74, 6) is 1.13. The average Bonchev–Trinajstić information content (AvgIpc) is 3.15. The standard InChI is InChI=1S/C14H17N3O2S/c1-10-3-5-11(6-4-10)9-20(18,19)14-16-15-13(17(14)2)12-7-8-12/h3-6,12H,7-9H2,1-2H3. The number of rotatable bonds is 4. The van der Waals surface area contributed by atoms with Gasteiger partial charge < -0.3 is 4.57 Å². The summed E-state index contributed by atoms with van der Waals surface area (Å²) in [7, 11) is -1.72. The Morgan fingerprint density at radius 3 is 2.45 bits per heavy atom. The van der Waals surface area contributed by atoms with E-state index in [0.29, 0.717) is 5.92 Å². The molecule has 0 saturated heterocycles. The molecule has 0 spiro atoms. The smallest absolute Gasteiger partial charge is 0.249 e. The van der Waals surface area contributed by atoms with Crippen molar-refractivity contribution >= 4 is 9.84 Å². The quantitative estimate of drug-likeness (QED) is 0.864. The molecule has 106 valence electrons. The SMILES string of the molecule is Cc1ccc(CS(=O)(=O)c2nnc(C3CC3)n2C)cc1. The monoisotopic (exact) mass is 291 g/mol. The van der Waals surface area contributed by atoms with E-state index >= 15 is 0 Å². The van der Waals surface area contributed by atoms with Crippen LogP contribution in [0.25, 0.3) is 0 Å². The second-order valence-corrected chi connectivity index (χ2v) is 7.30. The van der Waals surface area contributed by atoms with Crippen LogP contribution in [-0.4, -0.2) is 23.2 Å². The van der Waals surface area contributed by atoms with Crippen LogP contribution in [0.1, 0.15) is 35.7 Å². The van der Waals surface area contributed by atoms with Gasteiger partial charge in [0, 0.05) is 13.0 Å². The van der Waals surface area contributed by atoms with Crippen LogP contribution in [0.15, 0.2) is 29.4 Å². The number of benzene rings is 1. The normalized spacial score (nSPS) is 15.5. The Morgan fingerprint density at radius 1 is 1.20 bits per heavy atom. The minimum absolute atomic E-state index is 0.0378. The Labute approximate surface area is 118 Å². The van der Waals surface area contributed by atoms with Crippen molar-refractivity contribution in [1.82, 2.24) is 14.8 Å². The molecule has 0 aliphatic heterocycles. The first-order chi connectivity index (χ1) is 9.47. The van der Waals surface area contributed by atoms with Crippen LogP contribution in [0.2, 0.25) is 0 Å². The maximum atomic E-state index is 12.4. The van der Waals surface area contributed by atoms with Gasteiger partial charge in [0.05, 0.1) is 5.75 Å². The van der Waals surface area contributed by atoms with Gasteiger partial charge in [-0.2, -0.15) is 0 Å². The highest BCUT2D eigenvalue weighted by Crippen LogP contribution is 2.39. The van der Waals surface area contributed by atoms with E-state index in [1.807, 2.05) is 31.2 Å². The maximum absolute atomic E-state index is 12.4. The van der Waals surface area contributed by atoms with Crippen LogP contribution >= 0.6 is 0 Å². The van der Waals surface area contributed by atoms with Crippen LogP contribution in [0, 0.1) is 6.92 Å². The summed E-state index contributed by atoms with van der Waals surface area (Å²) in [5.41, 5.74) is 1.88. The highest BCUT2D eigenvalue weighted by molar-refractivity contribution is 7.90. The number of aromatic nitrogens is 3. The van der Waals surface area contributed by atoms with Gasteiger partial charge in [-0.15, -0.1) is 10.2 Å². The first-order valence-corrected chi connectivity index (χ1v) is 8.30.